The summed E-state index contributed by atoms with van der Waals surface area (Å²) in [5.41, 5.74) is 1.92. The van der Waals surface area contributed by atoms with Gasteiger partial charge in [0.1, 0.15) is 11.5 Å². The summed E-state index contributed by atoms with van der Waals surface area (Å²) in [4.78, 5) is 19.2. The van der Waals surface area contributed by atoms with Gasteiger partial charge in [0.05, 0.1) is 25.4 Å². The summed E-state index contributed by atoms with van der Waals surface area (Å²) in [7, 11) is 0. The smallest absolute Gasteiger partial charge is 0.326 e. The molecule has 0 unspecified atom stereocenters. The Balaban J connectivity index is 1.13. The fraction of sp³-hybridized carbons (Fsp3) is 0.379. The maximum atomic E-state index is 12.4. The normalized spacial score (nSPS) is 14.0. The van der Waals surface area contributed by atoms with Crippen molar-refractivity contribution in [3.8, 4) is 17.6 Å². The van der Waals surface area contributed by atoms with E-state index in [0.717, 1.165) is 50.6 Å². The summed E-state index contributed by atoms with van der Waals surface area (Å²) in [6.45, 7) is 11.3. The summed E-state index contributed by atoms with van der Waals surface area (Å²) in [6.07, 6.45) is 4.41. The summed E-state index contributed by atoms with van der Waals surface area (Å²) in [5.74, 6) is 8.42. The van der Waals surface area contributed by atoms with Crippen LogP contribution in [0.2, 0.25) is 0 Å². The van der Waals surface area contributed by atoms with Gasteiger partial charge in [0.25, 0.3) is 0 Å². The quantitative estimate of drug-likeness (QED) is 0.264. The SMILES string of the molecule is CC(C)(C)c1cc(NC(=O)Nc2cc3ncc(C#Cc4ccc(OCCCN5CCOCC5)cc4)cn3n2)no1. The van der Waals surface area contributed by atoms with Crippen molar-refractivity contribution in [3.63, 3.8) is 0 Å². The number of morpholine rings is 1. The molecule has 2 amide bonds. The molecule has 1 saturated heterocycles. The maximum absolute atomic E-state index is 12.4. The number of nitrogens with one attached hydrogen (secondary N) is 2. The molecule has 5 rings (SSSR count). The van der Waals surface area contributed by atoms with Gasteiger partial charge >= 0.3 is 6.03 Å². The molecule has 11 heteroatoms. The second-order valence-electron chi connectivity index (χ2n) is 10.5. The Morgan fingerprint density at radius 2 is 1.80 bits per heavy atom. The van der Waals surface area contributed by atoms with E-state index in [1.54, 1.807) is 29.0 Å². The number of fused-ring (bicyclic) bond motifs is 1. The van der Waals surface area contributed by atoms with E-state index in [0.29, 0.717) is 35.2 Å². The minimum absolute atomic E-state index is 0.210. The highest BCUT2D eigenvalue weighted by Gasteiger charge is 2.20. The van der Waals surface area contributed by atoms with Gasteiger partial charge in [-0.3, -0.25) is 15.5 Å². The van der Waals surface area contributed by atoms with Crippen LogP contribution in [-0.4, -0.2) is 70.1 Å². The van der Waals surface area contributed by atoms with Crippen LogP contribution < -0.4 is 15.4 Å². The molecule has 2 N–H and O–H groups in total. The lowest BCUT2D eigenvalue weighted by Gasteiger charge is -2.26. The number of benzene rings is 1. The lowest BCUT2D eigenvalue weighted by Crippen LogP contribution is -2.37. The first-order chi connectivity index (χ1) is 19.3. The molecule has 1 aromatic carbocycles. The fourth-order valence-electron chi connectivity index (χ4n) is 4.04. The molecule has 0 spiro atoms. The highest BCUT2D eigenvalue weighted by molar-refractivity contribution is 5.98. The van der Waals surface area contributed by atoms with Crippen molar-refractivity contribution >= 4 is 23.3 Å². The Hall–Kier alpha value is -4.40. The summed E-state index contributed by atoms with van der Waals surface area (Å²) >= 11 is 0. The summed E-state index contributed by atoms with van der Waals surface area (Å²) in [6, 6.07) is 10.6. The van der Waals surface area contributed by atoms with Crippen molar-refractivity contribution in [2.45, 2.75) is 32.6 Å². The monoisotopic (exact) mass is 543 g/mol. The van der Waals surface area contributed by atoms with Gasteiger partial charge in [0.15, 0.2) is 17.3 Å². The molecule has 0 bridgehead atoms. The minimum atomic E-state index is -0.485. The third-order valence-electron chi connectivity index (χ3n) is 6.24. The van der Waals surface area contributed by atoms with Gasteiger partial charge < -0.3 is 14.0 Å². The molecule has 0 atom stereocenters. The molecule has 1 aliphatic rings. The first-order valence-electron chi connectivity index (χ1n) is 13.3. The molecule has 208 valence electrons. The standard InChI is InChI=1S/C29H33N7O4/c1-29(2,3)24-17-26(34-40-24)32-28(37)31-25-18-27-30-19-22(20-36(27)33-25)6-5-21-7-9-23(10-8-21)39-14-4-11-35-12-15-38-16-13-35/h7-10,17-20H,4,11-16H2,1-3H3,(H2,31,32,33,34,37). The van der Waals surface area contributed by atoms with Gasteiger partial charge in [-0.2, -0.15) is 0 Å². The van der Waals surface area contributed by atoms with Crippen molar-refractivity contribution in [1.82, 2.24) is 24.7 Å². The zero-order chi connectivity index (χ0) is 28.0. The van der Waals surface area contributed by atoms with Crippen molar-refractivity contribution in [1.29, 1.82) is 0 Å². The number of hydrogen-bond donors (Lipinski definition) is 2. The Bertz CT molecular complexity index is 1500. The van der Waals surface area contributed by atoms with Crippen molar-refractivity contribution in [2.24, 2.45) is 0 Å². The van der Waals surface area contributed by atoms with Crippen LogP contribution in [0, 0.1) is 11.8 Å². The van der Waals surface area contributed by atoms with E-state index < -0.39 is 6.03 Å². The maximum Gasteiger partial charge on any atom is 0.326 e. The van der Waals surface area contributed by atoms with Gasteiger partial charge in [-0.05, 0) is 30.7 Å². The van der Waals surface area contributed by atoms with E-state index in [-0.39, 0.29) is 5.41 Å². The molecule has 0 aliphatic carbocycles. The van der Waals surface area contributed by atoms with E-state index in [1.807, 2.05) is 45.0 Å². The first-order valence-corrected chi connectivity index (χ1v) is 13.3. The second-order valence-corrected chi connectivity index (χ2v) is 10.5. The predicted molar refractivity (Wildman–Crippen MR) is 151 cm³/mol. The highest BCUT2D eigenvalue weighted by atomic mass is 16.5. The number of amides is 2. The Kier molecular flexibility index (Phi) is 8.28. The van der Waals surface area contributed by atoms with Crippen molar-refractivity contribution < 1.29 is 18.8 Å². The number of rotatable bonds is 7. The number of carbonyl (C=O) groups is 1. The Labute approximate surface area is 232 Å². The average Bonchev–Trinajstić information content (AvgIpc) is 3.57. The lowest BCUT2D eigenvalue weighted by molar-refractivity contribution is 0.0358. The van der Waals surface area contributed by atoms with Gasteiger partial charge in [0.2, 0.25) is 0 Å². The van der Waals surface area contributed by atoms with Crippen molar-refractivity contribution in [3.05, 3.63) is 65.7 Å². The van der Waals surface area contributed by atoms with Crippen LogP contribution in [0.3, 0.4) is 0 Å². The summed E-state index contributed by atoms with van der Waals surface area (Å²) in [5, 5.41) is 13.6. The minimum Gasteiger partial charge on any atom is -0.494 e. The summed E-state index contributed by atoms with van der Waals surface area (Å²) < 4.78 is 18.1. The molecule has 1 aliphatic heterocycles. The highest BCUT2D eigenvalue weighted by Crippen LogP contribution is 2.24. The number of urea groups is 1. The number of carbonyl (C=O) groups excluding carboxylic acids is 1. The Morgan fingerprint density at radius 3 is 2.55 bits per heavy atom. The van der Waals surface area contributed by atoms with E-state index in [2.05, 4.69) is 42.6 Å². The number of hydrogen-bond acceptors (Lipinski definition) is 8. The van der Waals surface area contributed by atoms with Crippen LogP contribution in [-0.2, 0) is 10.2 Å². The van der Waals surface area contributed by atoms with E-state index >= 15 is 0 Å². The van der Waals surface area contributed by atoms with Crippen LogP contribution in [0.1, 0.15) is 44.1 Å². The van der Waals surface area contributed by atoms with Crippen LogP contribution in [0.5, 0.6) is 5.75 Å². The van der Waals surface area contributed by atoms with Gasteiger partial charge in [-0.1, -0.05) is 37.8 Å². The Morgan fingerprint density at radius 1 is 1.05 bits per heavy atom. The second kappa shape index (κ2) is 12.2. The molecule has 4 heterocycles. The third-order valence-corrected chi connectivity index (χ3v) is 6.24. The molecular weight excluding hydrogens is 510 g/mol. The van der Waals surface area contributed by atoms with Gasteiger partial charge in [0, 0.05) is 55.1 Å². The largest absolute Gasteiger partial charge is 0.494 e. The third kappa shape index (κ3) is 7.37. The molecule has 1 fully saturated rings. The molecule has 11 nitrogen and oxygen atoms in total. The molecular formula is C29H33N7O4. The van der Waals surface area contributed by atoms with Crippen LogP contribution in [0.4, 0.5) is 16.4 Å². The molecule has 4 aromatic rings. The number of aromatic nitrogens is 4. The molecule has 40 heavy (non-hydrogen) atoms. The molecule has 0 saturated carbocycles. The lowest BCUT2D eigenvalue weighted by atomic mass is 9.93. The zero-order valence-electron chi connectivity index (χ0n) is 22.9. The van der Waals surface area contributed by atoms with E-state index in [4.69, 9.17) is 14.0 Å². The molecule has 0 radical (unpaired) electrons. The van der Waals surface area contributed by atoms with Crippen LogP contribution >= 0.6 is 0 Å². The van der Waals surface area contributed by atoms with Crippen LogP contribution in [0.15, 0.2) is 53.3 Å². The predicted octanol–water partition coefficient (Wildman–Crippen LogP) is 4.16. The number of ether oxygens (including phenoxy) is 2. The van der Waals surface area contributed by atoms with Gasteiger partial charge in [-0.15, -0.1) is 5.10 Å². The average molecular weight is 544 g/mol. The molecule has 3 aromatic heterocycles. The van der Waals surface area contributed by atoms with E-state index in [9.17, 15) is 4.79 Å². The van der Waals surface area contributed by atoms with Crippen LogP contribution in [0.25, 0.3) is 5.65 Å². The van der Waals surface area contributed by atoms with E-state index in [1.165, 1.54) is 0 Å². The zero-order valence-corrected chi connectivity index (χ0v) is 22.9. The topological polar surface area (TPSA) is 119 Å². The van der Waals surface area contributed by atoms with Gasteiger partial charge in [-0.25, -0.2) is 14.3 Å². The fourth-order valence-corrected chi connectivity index (χ4v) is 4.04. The number of anilines is 2. The first kappa shape index (κ1) is 27.2. The number of nitrogens with zero attached hydrogens (tertiary/aromatic N) is 5. The van der Waals surface area contributed by atoms with Crippen molar-refractivity contribution in [2.75, 3.05) is 50.1 Å².